The van der Waals surface area contributed by atoms with E-state index in [0.29, 0.717) is 39.2 Å². The van der Waals surface area contributed by atoms with Crippen LogP contribution in [-0.4, -0.2) is 80.6 Å². The van der Waals surface area contributed by atoms with Crippen molar-refractivity contribution in [3.8, 4) is 0 Å². The molecule has 0 aliphatic carbocycles. The number of rotatable bonds is 8. The first-order valence-corrected chi connectivity index (χ1v) is 7.58. The summed E-state index contributed by atoms with van der Waals surface area (Å²) in [6.45, 7) is 6.36. The van der Waals surface area contributed by atoms with Crippen molar-refractivity contribution in [1.82, 2.24) is 15.1 Å². The van der Waals surface area contributed by atoms with Crippen LogP contribution in [0, 0.1) is 0 Å². The fourth-order valence-corrected chi connectivity index (χ4v) is 2.38. The van der Waals surface area contributed by atoms with Crippen molar-refractivity contribution in [3.05, 3.63) is 0 Å². The predicted octanol–water partition coefficient (Wildman–Crippen LogP) is -0.136. The van der Waals surface area contributed by atoms with Crippen LogP contribution in [0.1, 0.15) is 19.8 Å². The van der Waals surface area contributed by atoms with Gasteiger partial charge in [-0.3, -0.25) is 14.5 Å². The van der Waals surface area contributed by atoms with E-state index < -0.39 is 0 Å². The molecular weight excluding hydrogens is 343 g/mol. The number of carbonyl (C=O) groups is 2. The summed E-state index contributed by atoms with van der Waals surface area (Å²) < 4.78 is 4.95. The van der Waals surface area contributed by atoms with Gasteiger partial charge < -0.3 is 20.7 Å². The maximum absolute atomic E-state index is 12.0. The molecule has 1 rings (SSSR count). The van der Waals surface area contributed by atoms with Crippen LogP contribution in [-0.2, 0) is 14.3 Å². The van der Waals surface area contributed by atoms with Crippen molar-refractivity contribution in [2.75, 3.05) is 53.0 Å². The lowest BCUT2D eigenvalue weighted by Crippen LogP contribution is -2.55. The minimum atomic E-state index is -0.167. The van der Waals surface area contributed by atoms with Crippen LogP contribution < -0.4 is 11.1 Å². The molecule has 1 saturated heterocycles. The molecule has 1 unspecified atom stereocenters. The molecule has 9 heteroatoms. The third-order valence-electron chi connectivity index (χ3n) is 3.78. The number of nitrogens with one attached hydrogen (secondary N) is 1. The van der Waals surface area contributed by atoms with Crippen molar-refractivity contribution in [3.63, 3.8) is 0 Å². The molecule has 1 heterocycles. The minimum Gasteiger partial charge on any atom is -0.385 e. The molecule has 3 N–H and O–H groups in total. The lowest BCUT2D eigenvalue weighted by Gasteiger charge is -2.37. The molecular formula is C14H30Cl2N4O3. The molecule has 0 aromatic rings. The van der Waals surface area contributed by atoms with Crippen LogP contribution in [0.5, 0.6) is 0 Å². The van der Waals surface area contributed by atoms with E-state index in [1.165, 1.54) is 0 Å². The third-order valence-corrected chi connectivity index (χ3v) is 3.78. The SMILES string of the molecule is COCCCNC(=O)C(C)N1CCN(C(=O)CCN)CC1.Cl.Cl. The molecule has 1 aliphatic rings. The fraction of sp³-hybridized carbons (Fsp3) is 0.857. The van der Waals surface area contributed by atoms with E-state index in [9.17, 15) is 9.59 Å². The van der Waals surface area contributed by atoms with Gasteiger partial charge in [0.1, 0.15) is 0 Å². The van der Waals surface area contributed by atoms with E-state index in [2.05, 4.69) is 10.2 Å². The number of methoxy groups -OCH3 is 1. The van der Waals surface area contributed by atoms with Crippen molar-refractivity contribution in [2.45, 2.75) is 25.8 Å². The third kappa shape index (κ3) is 8.72. The number of carbonyl (C=O) groups excluding carboxylic acids is 2. The molecule has 1 fully saturated rings. The molecule has 0 radical (unpaired) electrons. The van der Waals surface area contributed by atoms with Crippen LogP contribution in [0.15, 0.2) is 0 Å². The van der Waals surface area contributed by atoms with Crippen molar-refractivity contribution in [2.24, 2.45) is 5.73 Å². The van der Waals surface area contributed by atoms with Gasteiger partial charge in [0, 0.05) is 59.4 Å². The van der Waals surface area contributed by atoms with Crippen LogP contribution in [0.2, 0.25) is 0 Å². The Morgan fingerprint density at radius 2 is 1.83 bits per heavy atom. The van der Waals surface area contributed by atoms with Gasteiger partial charge in [-0.05, 0) is 13.3 Å². The van der Waals surface area contributed by atoms with Gasteiger partial charge in [-0.1, -0.05) is 0 Å². The Bertz CT molecular complexity index is 340. The molecule has 0 saturated carbocycles. The number of nitrogens with zero attached hydrogens (tertiary/aromatic N) is 2. The minimum absolute atomic E-state index is 0. The summed E-state index contributed by atoms with van der Waals surface area (Å²) >= 11 is 0. The second kappa shape index (κ2) is 13.8. The first-order valence-electron chi connectivity index (χ1n) is 7.58. The summed E-state index contributed by atoms with van der Waals surface area (Å²) in [5, 5.41) is 2.91. The fourth-order valence-electron chi connectivity index (χ4n) is 2.38. The van der Waals surface area contributed by atoms with Gasteiger partial charge >= 0.3 is 0 Å². The molecule has 0 aromatic heterocycles. The highest BCUT2D eigenvalue weighted by Gasteiger charge is 2.26. The summed E-state index contributed by atoms with van der Waals surface area (Å²) in [5.41, 5.74) is 5.40. The van der Waals surface area contributed by atoms with Crippen LogP contribution in [0.4, 0.5) is 0 Å². The van der Waals surface area contributed by atoms with Crippen molar-refractivity contribution < 1.29 is 14.3 Å². The standard InChI is InChI=1S/C14H28N4O3.2ClH/c1-12(14(20)16-6-3-11-21-2)17-7-9-18(10-8-17)13(19)4-5-15;;/h12H,3-11,15H2,1-2H3,(H,16,20);2*1H. The van der Waals surface area contributed by atoms with Gasteiger partial charge in [0.2, 0.25) is 11.8 Å². The first kappa shape index (κ1) is 24.6. The van der Waals surface area contributed by atoms with Gasteiger partial charge in [-0.25, -0.2) is 0 Å². The number of ether oxygens (including phenoxy) is 1. The number of halogens is 2. The second-order valence-electron chi connectivity index (χ2n) is 5.27. The Hall–Kier alpha value is -0.600. The molecule has 1 aliphatic heterocycles. The summed E-state index contributed by atoms with van der Waals surface area (Å²) in [4.78, 5) is 27.7. The molecule has 0 spiro atoms. The van der Waals surface area contributed by atoms with E-state index >= 15 is 0 Å². The van der Waals surface area contributed by atoms with Gasteiger partial charge in [0.15, 0.2) is 0 Å². The Labute approximate surface area is 151 Å². The lowest BCUT2D eigenvalue weighted by molar-refractivity contribution is -0.134. The topological polar surface area (TPSA) is 87.9 Å². The highest BCUT2D eigenvalue weighted by molar-refractivity contribution is 5.85. The Morgan fingerprint density at radius 3 is 2.35 bits per heavy atom. The highest BCUT2D eigenvalue weighted by Crippen LogP contribution is 2.07. The zero-order valence-electron chi connectivity index (χ0n) is 14.0. The van der Waals surface area contributed by atoms with E-state index in [-0.39, 0.29) is 42.7 Å². The molecule has 23 heavy (non-hydrogen) atoms. The van der Waals surface area contributed by atoms with Crippen LogP contribution >= 0.6 is 24.8 Å². The normalized spacial score (nSPS) is 16.0. The maximum atomic E-state index is 12.0. The summed E-state index contributed by atoms with van der Waals surface area (Å²) in [5.74, 6) is 0.140. The predicted molar refractivity (Wildman–Crippen MR) is 95.3 cm³/mol. The monoisotopic (exact) mass is 372 g/mol. The van der Waals surface area contributed by atoms with E-state index in [4.69, 9.17) is 10.5 Å². The van der Waals surface area contributed by atoms with Gasteiger partial charge in [0.05, 0.1) is 6.04 Å². The highest BCUT2D eigenvalue weighted by atomic mass is 35.5. The van der Waals surface area contributed by atoms with Gasteiger partial charge in [-0.2, -0.15) is 0 Å². The van der Waals surface area contributed by atoms with Gasteiger partial charge in [-0.15, -0.1) is 24.8 Å². The summed E-state index contributed by atoms with van der Waals surface area (Å²) in [6.07, 6.45) is 1.21. The lowest BCUT2D eigenvalue weighted by atomic mass is 10.2. The van der Waals surface area contributed by atoms with Crippen LogP contribution in [0.25, 0.3) is 0 Å². The quantitative estimate of drug-likeness (QED) is 0.579. The van der Waals surface area contributed by atoms with Gasteiger partial charge in [0.25, 0.3) is 0 Å². The number of hydrogen-bond acceptors (Lipinski definition) is 5. The zero-order chi connectivity index (χ0) is 15.7. The molecule has 7 nitrogen and oxygen atoms in total. The number of hydrogen-bond donors (Lipinski definition) is 2. The number of amides is 2. The average Bonchev–Trinajstić information content (AvgIpc) is 2.51. The van der Waals surface area contributed by atoms with E-state index in [0.717, 1.165) is 19.5 Å². The Kier molecular flexibility index (Phi) is 14.8. The summed E-state index contributed by atoms with van der Waals surface area (Å²) in [7, 11) is 1.65. The Balaban J connectivity index is 0. The average molecular weight is 373 g/mol. The smallest absolute Gasteiger partial charge is 0.237 e. The molecule has 1 atom stereocenters. The summed E-state index contributed by atoms with van der Waals surface area (Å²) in [6, 6.07) is -0.167. The van der Waals surface area contributed by atoms with Crippen molar-refractivity contribution >= 4 is 36.6 Å². The van der Waals surface area contributed by atoms with Crippen LogP contribution in [0.3, 0.4) is 0 Å². The zero-order valence-corrected chi connectivity index (χ0v) is 15.6. The Morgan fingerprint density at radius 1 is 1.22 bits per heavy atom. The molecule has 0 aromatic carbocycles. The largest absolute Gasteiger partial charge is 0.385 e. The first-order chi connectivity index (χ1) is 10.1. The molecule has 138 valence electrons. The van der Waals surface area contributed by atoms with E-state index in [1.807, 2.05) is 11.8 Å². The molecule has 0 bridgehead atoms. The molecule has 2 amide bonds. The van der Waals surface area contributed by atoms with E-state index in [1.54, 1.807) is 7.11 Å². The number of nitrogens with two attached hydrogens (primary N) is 1. The second-order valence-corrected chi connectivity index (χ2v) is 5.27. The number of piperazine rings is 1. The maximum Gasteiger partial charge on any atom is 0.237 e. The van der Waals surface area contributed by atoms with Crippen molar-refractivity contribution in [1.29, 1.82) is 0 Å².